The van der Waals surface area contributed by atoms with Crippen LogP contribution >= 0.6 is 0 Å². The second-order valence-electron chi connectivity index (χ2n) is 4.30. The van der Waals surface area contributed by atoms with E-state index in [2.05, 4.69) is 0 Å². The van der Waals surface area contributed by atoms with E-state index in [1.165, 1.54) is 24.3 Å². The molecule has 1 N–H and O–H groups in total. The predicted molar refractivity (Wildman–Crippen MR) is 65.2 cm³/mol. The number of phenolic OH excluding ortho intramolecular Hbond substituents is 1. The highest BCUT2D eigenvalue weighted by atomic mass is 19.4. The molecule has 19 heavy (non-hydrogen) atoms. The summed E-state index contributed by atoms with van der Waals surface area (Å²) in [7, 11) is 0. The summed E-state index contributed by atoms with van der Waals surface area (Å²) in [5.41, 5.74) is 0.293. The molecule has 0 fully saturated rings. The van der Waals surface area contributed by atoms with E-state index in [1.54, 1.807) is 6.92 Å². The molecule has 0 saturated heterocycles. The van der Waals surface area contributed by atoms with Crippen LogP contribution in [-0.4, -0.2) is 41.6 Å². The molecule has 0 spiro atoms. The quantitative estimate of drug-likeness (QED) is 0.812. The van der Waals surface area contributed by atoms with Crippen LogP contribution in [0.1, 0.15) is 23.7 Å². The van der Waals surface area contributed by atoms with E-state index in [-0.39, 0.29) is 18.8 Å². The van der Waals surface area contributed by atoms with E-state index < -0.39 is 18.5 Å². The van der Waals surface area contributed by atoms with Crippen molar-refractivity contribution in [1.82, 2.24) is 4.90 Å². The van der Waals surface area contributed by atoms with Gasteiger partial charge in [0, 0.05) is 5.56 Å². The molecule has 1 aromatic carbocycles. The highest BCUT2D eigenvalue weighted by molar-refractivity contribution is 5.97. The van der Waals surface area contributed by atoms with Crippen molar-refractivity contribution >= 4 is 5.78 Å². The molecule has 0 heterocycles. The summed E-state index contributed by atoms with van der Waals surface area (Å²) in [6, 6.07) is 5.47. The Morgan fingerprint density at radius 3 is 2.32 bits per heavy atom. The van der Waals surface area contributed by atoms with E-state index in [4.69, 9.17) is 5.11 Å². The Kier molecular flexibility index (Phi) is 5.35. The number of hydrogen-bond acceptors (Lipinski definition) is 3. The monoisotopic (exact) mass is 275 g/mol. The van der Waals surface area contributed by atoms with Crippen molar-refractivity contribution in [1.29, 1.82) is 0 Å². The number of rotatable bonds is 6. The average molecular weight is 275 g/mol. The topological polar surface area (TPSA) is 40.5 Å². The highest BCUT2D eigenvalue weighted by Crippen LogP contribution is 2.17. The van der Waals surface area contributed by atoms with Gasteiger partial charge in [0.25, 0.3) is 0 Å². The van der Waals surface area contributed by atoms with Crippen LogP contribution in [0, 0.1) is 0 Å². The molecule has 0 aliphatic carbocycles. The van der Waals surface area contributed by atoms with E-state index >= 15 is 0 Å². The number of halogens is 3. The summed E-state index contributed by atoms with van der Waals surface area (Å²) in [4.78, 5) is 12.9. The Morgan fingerprint density at radius 1 is 1.26 bits per heavy atom. The average Bonchev–Trinajstić information content (AvgIpc) is 2.27. The predicted octanol–water partition coefficient (Wildman–Crippen LogP) is 2.85. The molecule has 0 aliphatic heterocycles. The second-order valence-corrected chi connectivity index (χ2v) is 4.30. The molecule has 0 amide bonds. The van der Waals surface area contributed by atoms with Crippen LogP contribution < -0.4 is 0 Å². The maximum absolute atomic E-state index is 12.3. The van der Waals surface area contributed by atoms with Gasteiger partial charge < -0.3 is 5.11 Å². The number of nitrogens with zero attached hydrogens (tertiary/aromatic N) is 1. The summed E-state index contributed by atoms with van der Waals surface area (Å²) in [5.74, 6) is -0.380. The molecular weight excluding hydrogens is 259 g/mol. The molecule has 0 aliphatic rings. The zero-order chi connectivity index (χ0) is 14.5. The minimum absolute atomic E-state index is 0.0113. The first-order chi connectivity index (χ1) is 8.81. The molecule has 0 saturated carbocycles. The van der Waals surface area contributed by atoms with Gasteiger partial charge in [0.2, 0.25) is 0 Å². The molecule has 0 radical (unpaired) electrons. The molecule has 6 heteroatoms. The number of ketones is 1. The number of benzene rings is 1. The Labute approximate surface area is 109 Å². The normalized spacial score (nSPS) is 11.8. The van der Waals surface area contributed by atoms with Crippen molar-refractivity contribution in [3.63, 3.8) is 0 Å². The van der Waals surface area contributed by atoms with Gasteiger partial charge in [-0.1, -0.05) is 6.92 Å². The molecule has 0 bridgehead atoms. The fraction of sp³-hybridized carbons (Fsp3) is 0.462. The standard InChI is InChI=1S/C13H16F3NO2/c1-2-7-17(9-13(14,15)16)8-12(19)10-3-5-11(18)6-4-10/h3-6,18H,2,7-9H2,1H3. The van der Waals surface area contributed by atoms with Gasteiger partial charge in [0.1, 0.15) is 5.75 Å². The fourth-order valence-corrected chi connectivity index (χ4v) is 1.73. The number of phenols is 1. The van der Waals surface area contributed by atoms with Gasteiger partial charge >= 0.3 is 6.18 Å². The lowest BCUT2D eigenvalue weighted by Crippen LogP contribution is -2.38. The van der Waals surface area contributed by atoms with Crippen LogP contribution in [-0.2, 0) is 0 Å². The third-order valence-corrected chi connectivity index (χ3v) is 2.50. The van der Waals surface area contributed by atoms with Gasteiger partial charge in [-0.15, -0.1) is 0 Å². The zero-order valence-electron chi connectivity index (χ0n) is 10.6. The summed E-state index contributed by atoms with van der Waals surface area (Å²) in [6.45, 7) is 0.598. The third kappa shape index (κ3) is 5.74. The van der Waals surface area contributed by atoms with Gasteiger partial charge in [-0.2, -0.15) is 13.2 Å². The van der Waals surface area contributed by atoms with Crippen LogP contribution in [0.5, 0.6) is 5.75 Å². The minimum atomic E-state index is -4.32. The summed E-state index contributed by atoms with van der Waals surface area (Å²) in [5, 5.41) is 9.09. The van der Waals surface area contributed by atoms with Crippen LogP contribution in [0.4, 0.5) is 13.2 Å². The lowest BCUT2D eigenvalue weighted by atomic mass is 10.1. The van der Waals surface area contributed by atoms with E-state index in [0.717, 1.165) is 4.90 Å². The molecule has 0 unspecified atom stereocenters. The van der Waals surface area contributed by atoms with Crippen molar-refractivity contribution in [3.05, 3.63) is 29.8 Å². The number of carbonyl (C=O) groups excluding carboxylic acids is 1. The van der Waals surface area contributed by atoms with Crippen LogP contribution in [0.3, 0.4) is 0 Å². The first-order valence-electron chi connectivity index (χ1n) is 5.93. The SMILES string of the molecule is CCCN(CC(=O)c1ccc(O)cc1)CC(F)(F)F. The lowest BCUT2D eigenvalue weighted by molar-refractivity contribution is -0.144. The third-order valence-electron chi connectivity index (χ3n) is 2.50. The first-order valence-corrected chi connectivity index (χ1v) is 5.93. The minimum Gasteiger partial charge on any atom is -0.508 e. The number of aromatic hydroxyl groups is 1. The van der Waals surface area contributed by atoms with E-state index in [1.807, 2.05) is 0 Å². The Balaban J connectivity index is 2.68. The number of hydrogen-bond donors (Lipinski definition) is 1. The maximum Gasteiger partial charge on any atom is 0.401 e. The van der Waals surface area contributed by atoms with Gasteiger partial charge in [0.15, 0.2) is 5.78 Å². The Hall–Kier alpha value is -1.56. The van der Waals surface area contributed by atoms with Crippen LogP contribution in [0.2, 0.25) is 0 Å². The summed E-state index contributed by atoms with van der Waals surface area (Å²) >= 11 is 0. The molecule has 0 aromatic heterocycles. The molecule has 1 rings (SSSR count). The highest BCUT2D eigenvalue weighted by Gasteiger charge is 2.31. The lowest BCUT2D eigenvalue weighted by Gasteiger charge is -2.22. The number of Topliss-reactive ketones (excluding diaryl/α,β-unsaturated/α-hetero) is 1. The molecule has 106 valence electrons. The van der Waals surface area contributed by atoms with Crippen LogP contribution in [0.25, 0.3) is 0 Å². The van der Waals surface area contributed by atoms with E-state index in [0.29, 0.717) is 12.0 Å². The van der Waals surface area contributed by atoms with Gasteiger partial charge in [-0.3, -0.25) is 9.69 Å². The molecule has 1 aromatic rings. The number of carbonyl (C=O) groups is 1. The summed E-state index contributed by atoms with van der Waals surface area (Å²) in [6.07, 6.45) is -3.77. The fourth-order valence-electron chi connectivity index (χ4n) is 1.73. The number of alkyl halides is 3. The van der Waals surface area contributed by atoms with Crippen molar-refractivity contribution in [2.24, 2.45) is 0 Å². The smallest absolute Gasteiger partial charge is 0.401 e. The summed E-state index contributed by atoms with van der Waals surface area (Å²) < 4.78 is 37.0. The largest absolute Gasteiger partial charge is 0.508 e. The van der Waals surface area contributed by atoms with Crippen LogP contribution in [0.15, 0.2) is 24.3 Å². The van der Waals surface area contributed by atoms with E-state index in [9.17, 15) is 18.0 Å². The Morgan fingerprint density at radius 2 is 1.84 bits per heavy atom. The first kappa shape index (κ1) is 15.5. The molecule has 3 nitrogen and oxygen atoms in total. The molecular formula is C13H16F3NO2. The van der Waals surface area contributed by atoms with Crippen molar-refractivity contribution < 1.29 is 23.1 Å². The second kappa shape index (κ2) is 6.56. The van der Waals surface area contributed by atoms with Gasteiger partial charge in [-0.05, 0) is 37.2 Å². The maximum atomic E-state index is 12.3. The van der Waals surface area contributed by atoms with Gasteiger partial charge in [0.05, 0.1) is 13.1 Å². The zero-order valence-corrected chi connectivity index (χ0v) is 10.6. The Bertz CT molecular complexity index is 415. The van der Waals surface area contributed by atoms with Gasteiger partial charge in [-0.25, -0.2) is 0 Å². The van der Waals surface area contributed by atoms with Crippen molar-refractivity contribution in [2.75, 3.05) is 19.6 Å². The van der Waals surface area contributed by atoms with Crippen molar-refractivity contribution in [2.45, 2.75) is 19.5 Å². The molecule has 0 atom stereocenters. The van der Waals surface area contributed by atoms with Crippen molar-refractivity contribution in [3.8, 4) is 5.75 Å².